The van der Waals surface area contributed by atoms with Crippen LogP contribution in [0.2, 0.25) is 0 Å². The number of carbonyl (C=O) groups excluding carboxylic acids is 3. The number of esters is 1. The van der Waals surface area contributed by atoms with Gasteiger partial charge in [0.05, 0.1) is 13.0 Å². The number of anilines is 2. The summed E-state index contributed by atoms with van der Waals surface area (Å²) in [6.45, 7) is 2.76. The van der Waals surface area contributed by atoms with Crippen LogP contribution in [0.15, 0.2) is 84.9 Å². The Balaban J connectivity index is 1.43. The fraction of sp³-hybridized carbons (Fsp3) is 0.222. The summed E-state index contributed by atoms with van der Waals surface area (Å²) in [4.78, 5) is 38.6. The monoisotopic (exact) mass is 444 g/mol. The predicted octanol–water partition coefficient (Wildman–Crippen LogP) is 4.86. The molecule has 0 saturated carbocycles. The first kappa shape index (κ1) is 23.7. The van der Waals surface area contributed by atoms with E-state index in [9.17, 15) is 14.4 Å². The van der Waals surface area contributed by atoms with E-state index in [0.717, 1.165) is 11.3 Å². The van der Waals surface area contributed by atoms with Crippen LogP contribution in [0.3, 0.4) is 0 Å². The highest BCUT2D eigenvalue weighted by atomic mass is 16.5. The van der Waals surface area contributed by atoms with Gasteiger partial charge >= 0.3 is 5.97 Å². The van der Waals surface area contributed by atoms with Crippen molar-refractivity contribution in [1.82, 2.24) is 0 Å². The van der Waals surface area contributed by atoms with Crippen LogP contribution in [0.5, 0.6) is 0 Å². The van der Waals surface area contributed by atoms with Gasteiger partial charge in [-0.15, -0.1) is 0 Å². The quantitative estimate of drug-likeness (QED) is 0.453. The summed E-state index contributed by atoms with van der Waals surface area (Å²) < 4.78 is 5.20. The van der Waals surface area contributed by atoms with Gasteiger partial charge in [0.1, 0.15) is 0 Å². The van der Waals surface area contributed by atoms with Crippen LogP contribution in [0.4, 0.5) is 11.4 Å². The summed E-state index contributed by atoms with van der Waals surface area (Å²) >= 11 is 0. The Hall–Kier alpha value is -3.93. The highest BCUT2D eigenvalue weighted by Crippen LogP contribution is 2.18. The second-order valence-electron chi connectivity index (χ2n) is 7.47. The van der Waals surface area contributed by atoms with E-state index in [4.69, 9.17) is 4.74 Å². The summed E-state index contributed by atoms with van der Waals surface area (Å²) in [5.74, 6) is -0.795. The third-order valence-electron chi connectivity index (χ3n) is 5.10. The summed E-state index contributed by atoms with van der Waals surface area (Å²) in [5, 5.41) is 2.75. The van der Waals surface area contributed by atoms with Gasteiger partial charge < -0.3 is 15.0 Å². The lowest BCUT2D eigenvalue weighted by Crippen LogP contribution is -2.30. The van der Waals surface area contributed by atoms with Crippen LogP contribution >= 0.6 is 0 Å². The van der Waals surface area contributed by atoms with Crippen molar-refractivity contribution in [2.75, 3.05) is 23.4 Å². The van der Waals surface area contributed by atoms with E-state index in [1.54, 1.807) is 29.2 Å². The predicted molar refractivity (Wildman–Crippen MR) is 129 cm³/mol. The number of hydrogen-bond acceptors (Lipinski definition) is 4. The average Bonchev–Trinajstić information content (AvgIpc) is 2.85. The number of benzene rings is 3. The molecule has 1 N–H and O–H groups in total. The number of nitrogens with one attached hydrogen (secondary N) is 1. The topological polar surface area (TPSA) is 75.7 Å². The summed E-state index contributed by atoms with van der Waals surface area (Å²) in [6.07, 6.45) is 0.686. The van der Waals surface area contributed by atoms with Crippen molar-refractivity contribution >= 4 is 29.2 Å². The zero-order chi connectivity index (χ0) is 23.5. The number of rotatable bonds is 10. The summed E-state index contributed by atoms with van der Waals surface area (Å²) in [6, 6.07) is 26.0. The molecular weight excluding hydrogens is 416 g/mol. The van der Waals surface area contributed by atoms with Crippen LogP contribution in [0.25, 0.3) is 0 Å². The van der Waals surface area contributed by atoms with Gasteiger partial charge in [0, 0.05) is 36.3 Å². The molecule has 0 aliphatic rings. The zero-order valence-electron chi connectivity index (χ0n) is 18.7. The van der Waals surface area contributed by atoms with Crippen molar-refractivity contribution in [3.05, 3.63) is 96.1 Å². The Morgan fingerprint density at radius 2 is 1.45 bits per heavy atom. The minimum atomic E-state index is -0.400. The van der Waals surface area contributed by atoms with Crippen LogP contribution in [-0.4, -0.2) is 30.9 Å². The van der Waals surface area contributed by atoms with Gasteiger partial charge in [0.25, 0.3) is 5.91 Å². The second kappa shape index (κ2) is 12.2. The first-order chi connectivity index (χ1) is 16.1. The number of carbonyl (C=O) groups is 3. The molecule has 0 heterocycles. The molecule has 6 heteroatoms. The van der Waals surface area contributed by atoms with Crippen molar-refractivity contribution in [3.8, 4) is 0 Å². The average molecular weight is 445 g/mol. The van der Waals surface area contributed by atoms with E-state index in [1.807, 2.05) is 67.6 Å². The molecule has 3 aromatic rings. The molecule has 3 rings (SSSR count). The number of hydrogen-bond donors (Lipinski definition) is 1. The molecule has 0 spiro atoms. The standard InChI is InChI=1S/C27H28N2O4/c1-2-29(24-11-7-4-8-12-24)27(32)22-13-15-23(16-14-22)28-25(30)17-18-26(31)33-20-19-21-9-5-3-6-10-21/h3-16H,2,17-20H2,1H3,(H,28,30). The number of amides is 2. The maximum Gasteiger partial charge on any atom is 0.306 e. The molecule has 0 fully saturated rings. The third kappa shape index (κ3) is 7.31. The molecule has 170 valence electrons. The molecule has 0 aromatic heterocycles. The molecule has 0 unspecified atom stereocenters. The van der Waals surface area contributed by atoms with E-state index in [2.05, 4.69) is 5.32 Å². The molecule has 0 aliphatic heterocycles. The van der Waals surface area contributed by atoms with Crippen molar-refractivity contribution in [3.63, 3.8) is 0 Å². The Kier molecular flexibility index (Phi) is 8.77. The van der Waals surface area contributed by atoms with Crippen LogP contribution in [0, 0.1) is 0 Å². The lowest BCUT2D eigenvalue weighted by atomic mass is 10.1. The molecule has 3 aromatic carbocycles. The minimum absolute atomic E-state index is 0.0136. The Morgan fingerprint density at radius 1 is 0.818 bits per heavy atom. The van der Waals surface area contributed by atoms with E-state index in [1.165, 1.54) is 0 Å². The largest absolute Gasteiger partial charge is 0.465 e. The molecule has 0 atom stereocenters. The van der Waals surface area contributed by atoms with Crippen molar-refractivity contribution in [2.45, 2.75) is 26.2 Å². The van der Waals surface area contributed by atoms with Crippen LogP contribution in [0.1, 0.15) is 35.7 Å². The number of nitrogens with zero attached hydrogens (tertiary/aromatic N) is 1. The first-order valence-corrected chi connectivity index (χ1v) is 11.0. The van der Waals surface area contributed by atoms with Gasteiger partial charge in [-0.25, -0.2) is 0 Å². The Bertz CT molecular complexity index is 1050. The van der Waals surface area contributed by atoms with Gasteiger partial charge in [-0.2, -0.15) is 0 Å². The Morgan fingerprint density at radius 3 is 2.09 bits per heavy atom. The Labute approximate surface area is 194 Å². The maximum absolute atomic E-state index is 12.9. The van der Waals surface area contributed by atoms with E-state index in [-0.39, 0.29) is 31.3 Å². The van der Waals surface area contributed by atoms with Crippen molar-refractivity contribution < 1.29 is 19.1 Å². The molecular formula is C27H28N2O4. The number of ether oxygens (including phenoxy) is 1. The smallest absolute Gasteiger partial charge is 0.306 e. The van der Waals surface area contributed by atoms with E-state index >= 15 is 0 Å². The van der Waals surface area contributed by atoms with Gasteiger partial charge in [-0.3, -0.25) is 14.4 Å². The van der Waals surface area contributed by atoms with Crippen molar-refractivity contribution in [2.24, 2.45) is 0 Å². The molecule has 6 nitrogen and oxygen atoms in total. The maximum atomic E-state index is 12.9. The van der Waals surface area contributed by atoms with E-state index < -0.39 is 5.97 Å². The summed E-state index contributed by atoms with van der Waals surface area (Å²) in [7, 11) is 0. The highest BCUT2D eigenvalue weighted by molar-refractivity contribution is 6.06. The molecule has 0 radical (unpaired) electrons. The van der Waals surface area contributed by atoms with Gasteiger partial charge in [-0.05, 0) is 48.9 Å². The summed E-state index contributed by atoms with van der Waals surface area (Å²) in [5.41, 5.74) is 3.02. The minimum Gasteiger partial charge on any atom is -0.465 e. The van der Waals surface area contributed by atoms with E-state index in [0.29, 0.717) is 24.2 Å². The fourth-order valence-corrected chi connectivity index (χ4v) is 3.34. The molecule has 0 aliphatic carbocycles. The fourth-order valence-electron chi connectivity index (χ4n) is 3.34. The van der Waals surface area contributed by atoms with Crippen LogP contribution < -0.4 is 10.2 Å². The molecule has 2 amide bonds. The molecule has 33 heavy (non-hydrogen) atoms. The van der Waals surface area contributed by atoms with Gasteiger partial charge in [-0.1, -0.05) is 48.5 Å². The highest BCUT2D eigenvalue weighted by Gasteiger charge is 2.16. The molecule has 0 saturated heterocycles. The lowest BCUT2D eigenvalue weighted by molar-refractivity contribution is -0.144. The second-order valence-corrected chi connectivity index (χ2v) is 7.47. The van der Waals surface area contributed by atoms with Crippen LogP contribution in [-0.2, 0) is 20.7 Å². The molecule has 0 bridgehead atoms. The first-order valence-electron chi connectivity index (χ1n) is 11.0. The normalized spacial score (nSPS) is 10.3. The number of para-hydroxylation sites is 1. The third-order valence-corrected chi connectivity index (χ3v) is 5.10. The lowest BCUT2D eigenvalue weighted by Gasteiger charge is -2.21. The zero-order valence-corrected chi connectivity index (χ0v) is 18.7. The van der Waals surface area contributed by atoms with Gasteiger partial charge in [0.15, 0.2) is 0 Å². The van der Waals surface area contributed by atoms with Crippen molar-refractivity contribution in [1.29, 1.82) is 0 Å². The van der Waals surface area contributed by atoms with Gasteiger partial charge in [0.2, 0.25) is 5.91 Å². The SMILES string of the molecule is CCN(C(=O)c1ccc(NC(=O)CCC(=O)OCCc2ccccc2)cc1)c1ccccc1.